The van der Waals surface area contributed by atoms with Crippen LogP contribution in [0.5, 0.6) is 11.6 Å². The normalized spacial score (nSPS) is 23.9. The lowest BCUT2D eigenvalue weighted by atomic mass is 9.95. The molecule has 206 valence electrons. The SMILES string of the molecule is CCc1cccc2cc(O)cc(-c3cc4nc(N5CC(N(C)C)C5)nc5c4c(n3)OCC3[C@H]4CC[C@@H](CN53)N4)c12. The standard InChI is InChI=1S/C31H35N7O2/c1-4-17-6-5-7-18-10-21(39)11-22(27(17)18)24-12-25-28-29(35-31(34-25)37-14-20(15-37)36(2)3)38-13-19-8-9-23(32-19)26(38)16-40-30(28)33-24/h5-7,10-12,19-20,23,26,32,39H,4,8-9,13-16H2,1-3H3/t19-,23+,26?/m0/s1. The molecular formula is C31H35N7O2. The molecule has 1 unspecified atom stereocenters. The quantitative estimate of drug-likeness (QED) is 0.406. The van der Waals surface area contributed by atoms with Gasteiger partial charge in [0.15, 0.2) is 0 Å². The zero-order chi connectivity index (χ0) is 27.1. The molecule has 3 fully saturated rings. The number of piperazine rings is 1. The maximum atomic E-state index is 10.7. The van der Waals surface area contributed by atoms with Gasteiger partial charge in [-0.3, -0.25) is 0 Å². The number of phenolic OH excluding ortho intramolecular Hbond substituents is 1. The number of hydrogen-bond donors (Lipinski definition) is 2. The monoisotopic (exact) mass is 537 g/mol. The Labute approximate surface area is 233 Å². The number of aromatic nitrogens is 3. The molecule has 3 atom stereocenters. The third-order valence-corrected chi connectivity index (χ3v) is 9.42. The summed E-state index contributed by atoms with van der Waals surface area (Å²) in [6, 6.07) is 13.5. The molecule has 2 aromatic carbocycles. The molecule has 4 aromatic rings. The first-order chi connectivity index (χ1) is 19.5. The van der Waals surface area contributed by atoms with E-state index in [0.29, 0.717) is 30.6 Å². The Kier molecular flexibility index (Phi) is 5.37. The number of nitrogens with one attached hydrogen (secondary N) is 1. The number of aromatic hydroxyl groups is 1. The molecule has 0 aliphatic carbocycles. The van der Waals surface area contributed by atoms with E-state index in [0.717, 1.165) is 77.2 Å². The number of benzene rings is 2. The number of phenols is 1. The highest BCUT2D eigenvalue weighted by molar-refractivity contribution is 6.03. The summed E-state index contributed by atoms with van der Waals surface area (Å²) in [5.74, 6) is 2.52. The zero-order valence-electron chi connectivity index (χ0n) is 23.3. The smallest absolute Gasteiger partial charge is 0.228 e. The van der Waals surface area contributed by atoms with Crippen molar-refractivity contribution in [3.63, 3.8) is 0 Å². The van der Waals surface area contributed by atoms with Crippen molar-refractivity contribution in [3.05, 3.63) is 42.0 Å². The van der Waals surface area contributed by atoms with Crippen molar-refractivity contribution >= 4 is 33.4 Å². The number of nitrogens with zero attached hydrogens (tertiary/aromatic N) is 6. The van der Waals surface area contributed by atoms with E-state index in [1.54, 1.807) is 0 Å². The molecule has 0 amide bonds. The van der Waals surface area contributed by atoms with E-state index in [9.17, 15) is 5.11 Å². The average Bonchev–Trinajstić information content (AvgIpc) is 3.23. The number of rotatable bonds is 4. The van der Waals surface area contributed by atoms with Gasteiger partial charge in [0.1, 0.15) is 23.6 Å². The average molecular weight is 538 g/mol. The minimum absolute atomic E-state index is 0.196. The summed E-state index contributed by atoms with van der Waals surface area (Å²) < 4.78 is 6.54. The van der Waals surface area contributed by atoms with Crippen molar-refractivity contribution in [2.24, 2.45) is 0 Å². The van der Waals surface area contributed by atoms with Crippen molar-refractivity contribution in [3.8, 4) is 22.9 Å². The molecule has 0 radical (unpaired) electrons. The fourth-order valence-electron chi connectivity index (χ4n) is 7.12. The van der Waals surface area contributed by atoms with Crippen molar-refractivity contribution in [2.45, 2.75) is 50.4 Å². The lowest BCUT2D eigenvalue weighted by Crippen LogP contribution is -2.60. The van der Waals surface area contributed by atoms with E-state index >= 15 is 0 Å². The van der Waals surface area contributed by atoms with E-state index in [1.807, 2.05) is 24.3 Å². The molecule has 4 aliphatic rings. The second-order valence-electron chi connectivity index (χ2n) is 12.0. The van der Waals surface area contributed by atoms with Gasteiger partial charge in [0, 0.05) is 43.3 Å². The molecule has 40 heavy (non-hydrogen) atoms. The van der Waals surface area contributed by atoms with Gasteiger partial charge in [-0.2, -0.15) is 4.98 Å². The Balaban J connectivity index is 1.34. The van der Waals surface area contributed by atoms with Crippen LogP contribution >= 0.6 is 0 Å². The third kappa shape index (κ3) is 3.64. The highest BCUT2D eigenvalue weighted by atomic mass is 16.5. The Morgan fingerprint density at radius 1 is 1.05 bits per heavy atom. The summed E-state index contributed by atoms with van der Waals surface area (Å²) in [6.07, 6.45) is 3.22. The molecule has 2 bridgehead atoms. The maximum Gasteiger partial charge on any atom is 0.228 e. The van der Waals surface area contributed by atoms with Gasteiger partial charge in [0.25, 0.3) is 0 Å². The highest BCUT2D eigenvalue weighted by Gasteiger charge is 2.44. The number of hydrogen-bond acceptors (Lipinski definition) is 9. The summed E-state index contributed by atoms with van der Waals surface area (Å²) >= 11 is 0. The minimum atomic E-state index is 0.196. The molecule has 9 heteroatoms. The van der Waals surface area contributed by atoms with E-state index in [1.165, 1.54) is 12.0 Å². The summed E-state index contributed by atoms with van der Waals surface area (Å²) in [7, 11) is 4.26. The van der Waals surface area contributed by atoms with Gasteiger partial charge in [0.05, 0.1) is 17.3 Å². The fraction of sp³-hybridized carbons (Fsp3) is 0.452. The molecular weight excluding hydrogens is 502 g/mol. The van der Waals surface area contributed by atoms with E-state index in [-0.39, 0.29) is 11.8 Å². The Bertz CT molecular complexity index is 1650. The lowest BCUT2D eigenvalue weighted by Gasteiger charge is -2.43. The van der Waals surface area contributed by atoms with Gasteiger partial charge in [-0.15, -0.1) is 0 Å². The van der Waals surface area contributed by atoms with Gasteiger partial charge >= 0.3 is 0 Å². The van der Waals surface area contributed by atoms with Crippen molar-refractivity contribution in [1.29, 1.82) is 0 Å². The Morgan fingerprint density at radius 2 is 1.93 bits per heavy atom. The number of ether oxygens (including phenoxy) is 1. The lowest BCUT2D eigenvalue weighted by molar-refractivity contribution is 0.238. The molecule has 0 saturated carbocycles. The molecule has 6 heterocycles. The number of pyridine rings is 1. The summed E-state index contributed by atoms with van der Waals surface area (Å²) in [5, 5.41) is 17.5. The molecule has 2 N–H and O–H groups in total. The Hall–Kier alpha value is -3.69. The molecule has 2 aromatic heterocycles. The van der Waals surface area contributed by atoms with Crippen LogP contribution in [0.2, 0.25) is 0 Å². The van der Waals surface area contributed by atoms with Crippen LogP contribution in [0.15, 0.2) is 36.4 Å². The Morgan fingerprint density at radius 3 is 2.75 bits per heavy atom. The molecule has 4 aliphatic heterocycles. The first-order valence-electron chi connectivity index (χ1n) is 14.5. The van der Waals surface area contributed by atoms with Crippen molar-refractivity contribution in [2.75, 3.05) is 50.1 Å². The summed E-state index contributed by atoms with van der Waals surface area (Å²) in [5.41, 5.74) is 3.72. The third-order valence-electron chi connectivity index (χ3n) is 9.42. The molecule has 8 rings (SSSR count). The van der Waals surface area contributed by atoms with E-state index in [4.69, 9.17) is 19.7 Å². The first kappa shape index (κ1) is 24.1. The van der Waals surface area contributed by atoms with Crippen LogP contribution < -0.4 is 19.9 Å². The second kappa shape index (κ2) is 8.91. The fourth-order valence-corrected chi connectivity index (χ4v) is 7.12. The topological polar surface area (TPSA) is 89.9 Å². The zero-order valence-corrected chi connectivity index (χ0v) is 23.3. The first-order valence-corrected chi connectivity index (χ1v) is 14.5. The van der Waals surface area contributed by atoms with Gasteiger partial charge in [-0.05, 0) is 67.9 Å². The van der Waals surface area contributed by atoms with Crippen molar-refractivity contribution < 1.29 is 9.84 Å². The number of likely N-dealkylation sites (N-methyl/N-ethyl adjacent to an activating group) is 1. The van der Waals surface area contributed by atoms with Gasteiger partial charge in [-0.25, -0.2) is 9.97 Å². The van der Waals surface area contributed by atoms with Crippen LogP contribution in [0.1, 0.15) is 25.3 Å². The highest BCUT2D eigenvalue weighted by Crippen LogP contribution is 2.43. The maximum absolute atomic E-state index is 10.7. The van der Waals surface area contributed by atoms with Gasteiger partial charge in [0.2, 0.25) is 11.8 Å². The van der Waals surface area contributed by atoms with Crippen LogP contribution in [0.4, 0.5) is 11.8 Å². The van der Waals surface area contributed by atoms with E-state index in [2.05, 4.69) is 53.2 Å². The summed E-state index contributed by atoms with van der Waals surface area (Å²) in [6.45, 7) is 5.44. The van der Waals surface area contributed by atoms with Crippen molar-refractivity contribution in [1.82, 2.24) is 25.2 Å². The van der Waals surface area contributed by atoms with Crippen LogP contribution in [0.3, 0.4) is 0 Å². The van der Waals surface area contributed by atoms with Gasteiger partial charge < -0.3 is 29.9 Å². The molecule has 0 spiro atoms. The minimum Gasteiger partial charge on any atom is -0.508 e. The molecule has 9 nitrogen and oxygen atoms in total. The van der Waals surface area contributed by atoms with Crippen LogP contribution in [0.25, 0.3) is 32.9 Å². The van der Waals surface area contributed by atoms with Crippen LogP contribution in [0, 0.1) is 0 Å². The number of anilines is 2. The molecule has 3 saturated heterocycles. The number of fused-ring (bicyclic) bond motifs is 6. The van der Waals surface area contributed by atoms with Crippen LogP contribution in [-0.4, -0.2) is 89.5 Å². The summed E-state index contributed by atoms with van der Waals surface area (Å²) in [4.78, 5) is 22.5. The second-order valence-corrected chi connectivity index (χ2v) is 12.0. The van der Waals surface area contributed by atoms with Gasteiger partial charge in [-0.1, -0.05) is 25.1 Å². The predicted octanol–water partition coefficient (Wildman–Crippen LogP) is 3.56. The number of aryl methyl sites for hydroxylation is 1. The largest absolute Gasteiger partial charge is 0.508 e. The van der Waals surface area contributed by atoms with E-state index < -0.39 is 0 Å². The van der Waals surface area contributed by atoms with Crippen LogP contribution in [-0.2, 0) is 6.42 Å². The predicted molar refractivity (Wildman–Crippen MR) is 158 cm³/mol.